The van der Waals surface area contributed by atoms with Crippen LogP contribution in [0.25, 0.3) is 0 Å². The maximum absolute atomic E-state index is 5.49. The molecule has 1 fully saturated rings. The molecular formula is C10H20O2. The predicted octanol–water partition coefficient (Wildman–Crippen LogP) is 2.23. The fourth-order valence-corrected chi connectivity index (χ4v) is 2.08. The lowest BCUT2D eigenvalue weighted by molar-refractivity contribution is -0.000462. The molecule has 1 saturated carbocycles. The van der Waals surface area contributed by atoms with E-state index in [-0.39, 0.29) is 0 Å². The highest BCUT2D eigenvalue weighted by Crippen LogP contribution is 2.38. The average Bonchev–Trinajstić information content (AvgIpc) is 2.51. The minimum atomic E-state index is 0.352. The van der Waals surface area contributed by atoms with Gasteiger partial charge in [-0.2, -0.15) is 0 Å². The van der Waals surface area contributed by atoms with Crippen LogP contribution in [0.1, 0.15) is 32.6 Å². The summed E-state index contributed by atoms with van der Waals surface area (Å²) in [6, 6.07) is 0. The van der Waals surface area contributed by atoms with Crippen molar-refractivity contribution in [1.29, 1.82) is 0 Å². The van der Waals surface area contributed by atoms with Crippen LogP contribution in [0.4, 0.5) is 0 Å². The Bertz CT molecular complexity index is 117. The molecular weight excluding hydrogens is 152 g/mol. The van der Waals surface area contributed by atoms with Crippen LogP contribution in [-0.4, -0.2) is 26.9 Å². The SMILES string of the molecule is CCOCC1(COC)CCCC1. The van der Waals surface area contributed by atoms with Gasteiger partial charge in [-0.1, -0.05) is 12.8 Å². The van der Waals surface area contributed by atoms with Crippen LogP contribution in [0.5, 0.6) is 0 Å². The summed E-state index contributed by atoms with van der Waals surface area (Å²) in [7, 11) is 1.78. The number of ether oxygens (including phenoxy) is 2. The van der Waals surface area contributed by atoms with Gasteiger partial charge in [-0.25, -0.2) is 0 Å². The van der Waals surface area contributed by atoms with E-state index >= 15 is 0 Å². The second kappa shape index (κ2) is 4.83. The third-order valence-electron chi connectivity index (χ3n) is 2.73. The lowest BCUT2D eigenvalue weighted by Gasteiger charge is -2.27. The van der Waals surface area contributed by atoms with E-state index in [1.165, 1.54) is 25.7 Å². The molecule has 1 aliphatic rings. The Morgan fingerprint density at radius 3 is 2.33 bits per heavy atom. The lowest BCUT2D eigenvalue weighted by Crippen LogP contribution is -2.28. The molecule has 0 radical (unpaired) electrons. The monoisotopic (exact) mass is 172 g/mol. The molecule has 0 atom stereocenters. The highest BCUT2D eigenvalue weighted by atomic mass is 16.5. The van der Waals surface area contributed by atoms with E-state index in [0.29, 0.717) is 5.41 Å². The lowest BCUT2D eigenvalue weighted by atomic mass is 9.88. The quantitative estimate of drug-likeness (QED) is 0.633. The van der Waals surface area contributed by atoms with Gasteiger partial charge in [0.05, 0.1) is 13.2 Å². The van der Waals surface area contributed by atoms with Crippen LogP contribution in [0, 0.1) is 5.41 Å². The zero-order valence-corrected chi connectivity index (χ0v) is 8.27. The van der Waals surface area contributed by atoms with Gasteiger partial charge in [-0.3, -0.25) is 0 Å². The van der Waals surface area contributed by atoms with E-state index in [1.54, 1.807) is 7.11 Å². The Kier molecular flexibility index (Phi) is 4.02. The van der Waals surface area contributed by atoms with E-state index in [0.717, 1.165) is 19.8 Å². The van der Waals surface area contributed by atoms with E-state index in [2.05, 4.69) is 6.92 Å². The first kappa shape index (κ1) is 10.0. The Hall–Kier alpha value is -0.0800. The maximum atomic E-state index is 5.49. The van der Waals surface area contributed by atoms with E-state index < -0.39 is 0 Å². The summed E-state index contributed by atoms with van der Waals surface area (Å²) in [6.45, 7) is 4.63. The van der Waals surface area contributed by atoms with Gasteiger partial charge < -0.3 is 9.47 Å². The summed E-state index contributed by atoms with van der Waals surface area (Å²) in [5.41, 5.74) is 0.352. The van der Waals surface area contributed by atoms with Gasteiger partial charge in [-0.05, 0) is 19.8 Å². The molecule has 0 saturated heterocycles. The van der Waals surface area contributed by atoms with Crippen LogP contribution in [0.3, 0.4) is 0 Å². The Labute approximate surface area is 75.2 Å². The Morgan fingerprint density at radius 1 is 1.17 bits per heavy atom. The minimum Gasteiger partial charge on any atom is -0.384 e. The number of hydrogen-bond donors (Lipinski definition) is 0. The van der Waals surface area contributed by atoms with Crippen molar-refractivity contribution < 1.29 is 9.47 Å². The van der Waals surface area contributed by atoms with E-state index in [1.807, 2.05) is 0 Å². The molecule has 1 rings (SSSR count). The summed E-state index contributed by atoms with van der Waals surface area (Å²) in [4.78, 5) is 0. The van der Waals surface area contributed by atoms with Gasteiger partial charge in [0.15, 0.2) is 0 Å². The molecule has 0 unspecified atom stereocenters. The third kappa shape index (κ3) is 2.46. The van der Waals surface area contributed by atoms with Crippen LogP contribution in [0.2, 0.25) is 0 Å². The zero-order valence-electron chi connectivity index (χ0n) is 8.27. The van der Waals surface area contributed by atoms with Gasteiger partial charge in [-0.15, -0.1) is 0 Å². The van der Waals surface area contributed by atoms with Gasteiger partial charge in [0.25, 0.3) is 0 Å². The fraction of sp³-hybridized carbons (Fsp3) is 1.00. The first-order valence-corrected chi connectivity index (χ1v) is 4.90. The van der Waals surface area contributed by atoms with Crippen molar-refractivity contribution >= 4 is 0 Å². The first-order valence-electron chi connectivity index (χ1n) is 4.90. The summed E-state index contributed by atoms with van der Waals surface area (Å²) in [5.74, 6) is 0. The van der Waals surface area contributed by atoms with Crippen LogP contribution in [-0.2, 0) is 9.47 Å². The standard InChI is InChI=1S/C10H20O2/c1-3-12-9-10(8-11-2)6-4-5-7-10/h3-9H2,1-2H3. The molecule has 0 aromatic rings. The molecule has 0 aromatic carbocycles. The molecule has 0 aromatic heterocycles. The first-order chi connectivity index (χ1) is 5.83. The molecule has 0 amide bonds. The van der Waals surface area contributed by atoms with Gasteiger partial charge in [0.2, 0.25) is 0 Å². The number of hydrogen-bond acceptors (Lipinski definition) is 2. The summed E-state index contributed by atoms with van der Waals surface area (Å²) >= 11 is 0. The molecule has 72 valence electrons. The molecule has 12 heavy (non-hydrogen) atoms. The van der Waals surface area contributed by atoms with Crippen molar-refractivity contribution in [1.82, 2.24) is 0 Å². The number of methoxy groups -OCH3 is 1. The van der Waals surface area contributed by atoms with Crippen molar-refractivity contribution in [3.05, 3.63) is 0 Å². The minimum absolute atomic E-state index is 0.352. The smallest absolute Gasteiger partial charge is 0.0544 e. The van der Waals surface area contributed by atoms with Gasteiger partial charge in [0, 0.05) is 19.1 Å². The third-order valence-corrected chi connectivity index (χ3v) is 2.73. The summed E-state index contributed by atoms with van der Waals surface area (Å²) in [5, 5.41) is 0. The summed E-state index contributed by atoms with van der Waals surface area (Å²) < 4.78 is 10.7. The second-order valence-electron chi connectivity index (χ2n) is 3.78. The fourth-order valence-electron chi connectivity index (χ4n) is 2.08. The van der Waals surface area contributed by atoms with Crippen LogP contribution < -0.4 is 0 Å². The molecule has 2 heteroatoms. The molecule has 0 heterocycles. The molecule has 0 N–H and O–H groups in total. The largest absolute Gasteiger partial charge is 0.384 e. The highest BCUT2D eigenvalue weighted by molar-refractivity contribution is 4.84. The summed E-state index contributed by atoms with van der Waals surface area (Å²) in [6.07, 6.45) is 5.24. The van der Waals surface area contributed by atoms with Crippen molar-refractivity contribution in [2.45, 2.75) is 32.6 Å². The van der Waals surface area contributed by atoms with Crippen molar-refractivity contribution in [2.24, 2.45) is 5.41 Å². The molecule has 2 nitrogen and oxygen atoms in total. The molecule has 1 aliphatic carbocycles. The van der Waals surface area contributed by atoms with Crippen molar-refractivity contribution in [3.63, 3.8) is 0 Å². The Balaban J connectivity index is 2.35. The highest BCUT2D eigenvalue weighted by Gasteiger charge is 2.33. The molecule has 0 spiro atoms. The topological polar surface area (TPSA) is 18.5 Å². The van der Waals surface area contributed by atoms with Crippen molar-refractivity contribution in [3.8, 4) is 0 Å². The maximum Gasteiger partial charge on any atom is 0.0544 e. The molecule has 0 bridgehead atoms. The second-order valence-corrected chi connectivity index (χ2v) is 3.78. The van der Waals surface area contributed by atoms with Crippen molar-refractivity contribution in [2.75, 3.05) is 26.9 Å². The van der Waals surface area contributed by atoms with E-state index in [4.69, 9.17) is 9.47 Å². The van der Waals surface area contributed by atoms with Gasteiger partial charge in [0.1, 0.15) is 0 Å². The van der Waals surface area contributed by atoms with Crippen LogP contribution >= 0.6 is 0 Å². The van der Waals surface area contributed by atoms with E-state index in [9.17, 15) is 0 Å². The average molecular weight is 172 g/mol. The predicted molar refractivity (Wildman–Crippen MR) is 49.3 cm³/mol. The molecule has 0 aliphatic heterocycles. The number of rotatable bonds is 5. The Morgan fingerprint density at radius 2 is 1.83 bits per heavy atom. The zero-order chi connectivity index (χ0) is 8.86. The van der Waals surface area contributed by atoms with Crippen LogP contribution in [0.15, 0.2) is 0 Å². The normalized spacial score (nSPS) is 21.5. The van der Waals surface area contributed by atoms with Gasteiger partial charge >= 0.3 is 0 Å².